The molecule has 0 aliphatic heterocycles. The number of H-pyrrole nitrogens is 1. The standard InChI is InChI=1S/C23H23F3N6O4/c1-32-22(33)19-14(27-13-6-5-12(11-34-2)9-16(13)36-4)10-18(30-21(19)31-32)28-17-8-7-15(35-3)20(29-17)23(24,25)26/h5-10H,11H2,1-4H3,(H3,27,28,29,30,31). The van der Waals surface area contributed by atoms with E-state index >= 15 is 0 Å². The number of benzene rings is 1. The van der Waals surface area contributed by atoms with Crippen molar-refractivity contribution in [3.05, 3.63) is 58.0 Å². The number of aromatic amines is 1. The SMILES string of the molecule is COCc1ccc(Nc2cc(Nc3ccc(OC)c(C(F)(F)F)n3)nc3[nH]n(C)c(=O)c23)c(OC)c1. The average Bonchev–Trinajstić information content (AvgIpc) is 3.12. The molecule has 0 unspecified atom stereocenters. The van der Waals surface area contributed by atoms with Gasteiger partial charge >= 0.3 is 6.18 Å². The zero-order valence-corrected chi connectivity index (χ0v) is 19.8. The number of rotatable bonds is 8. The molecule has 0 aliphatic carbocycles. The first-order chi connectivity index (χ1) is 17.1. The summed E-state index contributed by atoms with van der Waals surface area (Å²) in [6.07, 6.45) is -4.72. The number of hydrogen-bond donors (Lipinski definition) is 3. The number of alkyl halides is 3. The van der Waals surface area contributed by atoms with E-state index in [1.54, 1.807) is 19.2 Å². The van der Waals surface area contributed by atoms with Crippen LogP contribution in [0.25, 0.3) is 11.0 Å². The lowest BCUT2D eigenvalue weighted by Crippen LogP contribution is -2.12. The molecule has 0 bridgehead atoms. The Balaban J connectivity index is 1.77. The van der Waals surface area contributed by atoms with Gasteiger partial charge in [-0.25, -0.2) is 9.97 Å². The smallest absolute Gasteiger partial charge is 0.437 e. The van der Waals surface area contributed by atoms with Crippen LogP contribution in [0.3, 0.4) is 0 Å². The highest BCUT2D eigenvalue weighted by Gasteiger charge is 2.36. The quantitative estimate of drug-likeness (QED) is 0.325. The van der Waals surface area contributed by atoms with Gasteiger partial charge < -0.3 is 24.8 Å². The Morgan fingerprint density at radius 2 is 1.69 bits per heavy atom. The van der Waals surface area contributed by atoms with Gasteiger partial charge in [-0.15, -0.1) is 0 Å². The first kappa shape index (κ1) is 24.9. The van der Waals surface area contributed by atoms with Crippen LogP contribution in [-0.2, 0) is 24.6 Å². The molecular weight excluding hydrogens is 481 g/mol. The third-order valence-corrected chi connectivity index (χ3v) is 5.26. The van der Waals surface area contributed by atoms with Crippen LogP contribution in [0.1, 0.15) is 11.3 Å². The van der Waals surface area contributed by atoms with Gasteiger partial charge in [0.1, 0.15) is 28.5 Å². The molecule has 36 heavy (non-hydrogen) atoms. The largest absolute Gasteiger partial charge is 0.495 e. The first-order valence-corrected chi connectivity index (χ1v) is 10.6. The van der Waals surface area contributed by atoms with Gasteiger partial charge in [-0.2, -0.15) is 13.2 Å². The van der Waals surface area contributed by atoms with Crippen molar-refractivity contribution in [1.82, 2.24) is 19.7 Å². The van der Waals surface area contributed by atoms with Crippen molar-refractivity contribution in [2.24, 2.45) is 7.05 Å². The van der Waals surface area contributed by atoms with Gasteiger partial charge in [-0.05, 0) is 29.8 Å². The second-order valence-electron chi connectivity index (χ2n) is 7.72. The molecule has 3 heterocycles. The van der Waals surface area contributed by atoms with E-state index in [1.807, 2.05) is 6.07 Å². The van der Waals surface area contributed by atoms with E-state index in [0.717, 1.165) is 18.7 Å². The molecule has 0 aliphatic rings. The predicted molar refractivity (Wildman–Crippen MR) is 127 cm³/mol. The maximum absolute atomic E-state index is 13.4. The molecule has 3 N–H and O–H groups in total. The van der Waals surface area contributed by atoms with Gasteiger partial charge in [-0.1, -0.05) is 6.07 Å². The van der Waals surface area contributed by atoms with Crippen LogP contribution < -0.4 is 25.7 Å². The summed E-state index contributed by atoms with van der Waals surface area (Å²) in [6.45, 7) is 0.386. The van der Waals surface area contributed by atoms with Crippen LogP contribution in [0.15, 0.2) is 41.2 Å². The van der Waals surface area contributed by atoms with E-state index in [2.05, 4.69) is 25.7 Å². The number of anilines is 4. The fourth-order valence-corrected chi connectivity index (χ4v) is 3.64. The Morgan fingerprint density at radius 1 is 0.944 bits per heavy atom. The number of methoxy groups -OCH3 is 3. The van der Waals surface area contributed by atoms with E-state index in [0.29, 0.717) is 23.7 Å². The lowest BCUT2D eigenvalue weighted by Gasteiger charge is -2.15. The van der Waals surface area contributed by atoms with Crippen LogP contribution in [-0.4, -0.2) is 41.1 Å². The highest BCUT2D eigenvalue weighted by atomic mass is 19.4. The summed E-state index contributed by atoms with van der Waals surface area (Å²) in [7, 11) is 5.75. The summed E-state index contributed by atoms with van der Waals surface area (Å²) in [6, 6.07) is 9.38. The van der Waals surface area contributed by atoms with E-state index < -0.39 is 17.6 Å². The highest BCUT2D eigenvalue weighted by Crippen LogP contribution is 2.36. The molecule has 0 saturated carbocycles. The molecule has 0 fully saturated rings. The van der Waals surface area contributed by atoms with Crippen molar-refractivity contribution in [1.29, 1.82) is 0 Å². The Bertz CT molecular complexity index is 1460. The van der Waals surface area contributed by atoms with Crippen LogP contribution in [0.5, 0.6) is 11.5 Å². The molecule has 10 nitrogen and oxygen atoms in total. The fraction of sp³-hybridized carbons (Fsp3) is 0.261. The molecule has 0 atom stereocenters. The fourth-order valence-electron chi connectivity index (χ4n) is 3.64. The molecule has 0 radical (unpaired) electrons. The summed E-state index contributed by atoms with van der Waals surface area (Å²) >= 11 is 0. The third-order valence-electron chi connectivity index (χ3n) is 5.26. The average molecular weight is 504 g/mol. The Morgan fingerprint density at radius 3 is 2.36 bits per heavy atom. The number of aryl methyl sites for hydroxylation is 1. The predicted octanol–water partition coefficient (Wildman–Crippen LogP) is 4.33. The Hall–Kier alpha value is -4.26. The van der Waals surface area contributed by atoms with Crippen molar-refractivity contribution in [2.75, 3.05) is 32.0 Å². The summed E-state index contributed by atoms with van der Waals surface area (Å²) < 4.78 is 56.9. The first-order valence-electron chi connectivity index (χ1n) is 10.6. The lowest BCUT2D eigenvalue weighted by atomic mass is 10.2. The molecule has 13 heteroatoms. The summed E-state index contributed by atoms with van der Waals surface area (Å²) in [5, 5.41) is 9.03. The number of nitrogens with one attached hydrogen (secondary N) is 3. The number of aromatic nitrogens is 4. The monoisotopic (exact) mass is 504 g/mol. The van der Waals surface area contributed by atoms with Crippen molar-refractivity contribution < 1.29 is 27.4 Å². The molecule has 1 aromatic carbocycles. The number of pyridine rings is 2. The van der Waals surface area contributed by atoms with E-state index in [4.69, 9.17) is 14.2 Å². The number of hydrogen-bond acceptors (Lipinski definition) is 8. The number of nitrogens with zero attached hydrogens (tertiary/aromatic N) is 3. The van der Waals surface area contributed by atoms with Crippen molar-refractivity contribution in [2.45, 2.75) is 12.8 Å². The molecule has 0 saturated heterocycles. The topological polar surface area (TPSA) is 115 Å². The maximum atomic E-state index is 13.4. The molecular formula is C23H23F3N6O4. The van der Waals surface area contributed by atoms with E-state index in [-0.39, 0.29) is 28.2 Å². The van der Waals surface area contributed by atoms with Crippen molar-refractivity contribution in [3.63, 3.8) is 0 Å². The summed E-state index contributed by atoms with van der Waals surface area (Å²) in [4.78, 5) is 20.8. The van der Waals surface area contributed by atoms with Gasteiger partial charge in [0, 0.05) is 20.2 Å². The second-order valence-corrected chi connectivity index (χ2v) is 7.72. The molecule has 0 amide bonds. The minimum Gasteiger partial charge on any atom is -0.495 e. The number of halogens is 3. The van der Waals surface area contributed by atoms with Gasteiger partial charge in [0.2, 0.25) is 0 Å². The second kappa shape index (κ2) is 9.77. The summed E-state index contributed by atoms with van der Waals surface area (Å²) in [5.41, 5.74) is 0.486. The third kappa shape index (κ3) is 4.91. The Labute approximate surface area is 203 Å². The van der Waals surface area contributed by atoms with Crippen molar-refractivity contribution in [3.8, 4) is 11.5 Å². The van der Waals surface area contributed by atoms with Gasteiger partial charge in [0.05, 0.1) is 32.2 Å². The molecule has 3 aromatic heterocycles. The van der Waals surface area contributed by atoms with Gasteiger partial charge in [-0.3, -0.25) is 14.6 Å². The molecule has 4 aromatic rings. The summed E-state index contributed by atoms with van der Waals surface area (Å²) in [5.74, 6) is 0.131. The van der Waals surface area contributed by atoms with Crippen LogP contribution in [0, 0.1) is 0 Å². The van der Waals surface area contributed by atoms with Gasteiger partial charge in [0.25, 0.3) is 5.56 Å². The number of ether oxygens (including phenoxy) is 3. The molecule has 190 valence electrons. The van der Waals surface area contributed by atoms with E-state index in [1.165, 1.54) is 31.0 Å². The Kier molecular flexibility index (Phi) is 6.75. The maximum Gasteiger partial charge on any atom is 0.437 e. The molecule has 4 rings (SSSR count). The van der Waals surface area contributed by atoms with Crippen LogP contribution >= 0.6 is 0 Å². The van der Waals surface area contributed by atoms with Crippen molar-refractivity contribution >= 4 is 34.0 Å². The molecule has 0 spiro atoms. The van der Waals surface area contributed by atoms with Crippen LogP contribution in [0.4, 0.5) is 36.2 Å². The normalized spacial score (nSPS) is 11.5. The van der Waals surface area contributed by atoms with Gasteiger partial charge in [0.15, 0.2) is 11.3 Å². The van der Waals surface area contributed by atoms with Crippen LogP contribution in [0.2, 0.25) is 0 Å². The zero-order chi connectivity index (χ0) is 26.0. The highest BCUT2D eigenvalue weighted by molar-refractivity contribution is 5.93. The lowest BCUT2D eigenvalue weighted by molar-refractivity contribution is -0.142. The zero-order valence-electron chi connectivity index (χ0n) is 19.8. The minimum atomic E-state index is -4.72. The van der Waals surface area contributed by atoms with E-state index in [9.17, 15) is 18.0 Å². The number of fused-ring (bicyclic) bond motifs is 1. The minimum absolute atomic E-state index is 0.110.